The van der Waals surface area contributed by atoms with Crippen molar-refractivity contribution in [1.82, 2.24) is 0 Å². The predicted octanol–water partition coefficient (Wildman–Crippen LogP) is 3.21. The molecule has 5 nitrogen and oxygen atoms in total. The highest BCUT2D eigenvalue weighted by molar-refractivity contribution is 6.30. The Morgan fingerprint density at radius 1 is 1.13 bits per heavy atom. The summed E-state index contributed by atoms with van der Waals surface area (Å²) >= 11 is 5.83. The van der Waals surface area contributed by atoms with E-state index in [2.05, 4.69) is 0 Å². The molecule has 1 aliphatic carbocycles. The zero-order valence-corrected chi connectivity index (χ0v) is 17.0. The van der Waals surface area contributed by atoms with E-state index in [1.54, 1.807) is 12.1 Å². The number of halogens is 2. The molecule has 1 amide bonds. The minimum absolute atomic E-state index is 0.00411. The Kier molecular flexibility index (Phi) is 5.47. The summed E-state index contributed by atoms with van der Waals surface area (Å²) in [6.07, 6.45) is 1.60. The summed E-state index contributed by atoms with van der Waals surface area (Å²) in [6.45, 7) is 0.227. The molecule has 2 aromatic carbocycles. The molecule has 0 bridgehead atoms. The fraction of sp³-hybridized carbons (Fsp3) is 0.348. The van der Waals surface area contributed by atoms with E-state index in [0.29, 0.717) is 30.5 Å². The Morgan fingerprint density at radius 2 is 1.93 bits per heavy atom. The van der Waals surface area contributed by atoms with Crippen molar-refractivity contribution in [3.8, 4) is 0 Å². The van der Waals surface area contributed by atoms with E-state index in [-0.39, 0.29) is 36.6 Å². The summed E-state index contributed by atoms with van der Waals surface area (Å²) in [7, 11) is 0. The standard InChI is InChI=1S/C23H21ClFNO4/c24-17-9-14(10-18(25)13-17)1-6-21(28)23(30)7-8-26(22(23)29)19-4-2-16-12-20(27)5-3-15(16)11-19/h2,4,9-11,13,30H,1,3,5-8,12H2/t23-/m0/s1. The van der Waals surface area contributed by atoms with Crippen LogP contribution in [0.15, 0.2) is 36.4 Å². The quantitative estimate of drug-likeness (QED) is 0.740. The summed E-state index contributed by atoms with van der Waals surface area (Å²) < 4.78 is 13.5. The third kappa shape index (κ3) is 3.89. The van der Waals surface area contributed by atoms with Gasteiger partial charge in [-0.05, 0) is 59.9 Å². The number of rotatable bonds is 5. The van der Waals surface area contributed by atoms with Crippen molar-refractivity contribution in [2.24, 2.45) is 0 Å². The van der Waals surface area contributed by atoms with E-state index in [0.717, 1.165) is 11.1 Å². The van der Waals surface area contributed by atoms with Crippen LogP contribution in [-0.4, -0.2) is 34.7 Å². The Morgan fingerprint density at radius 3 is 2.70 bits per heavy atom. The molecule has 4 rings (SSSR count). The molecule has 156 valence electrons. The van der Waals surface area contributed by atoms with Crippen LogP contribution in [0.3, 0.4) is 0 Å². The van der Waals surface area contributed by atoms with E-state index < -0.39 is 23.1 Å². The first-order chi connectivity index (χ1) is 14.3. The fourth-order valence-corrected chi connectivity index (χ4v) is 4.44. The van der Waals surface area contributed by atoms with Gasteiger partial charge in [-0.25, -0.2) is 4.39 Å². The molecule has 2 aromatic rings. The van der Waals surface area contributed by atoms with Crippen molar-refractivity contribution in [3.05, 3.63) is 63.9 Å². The van der Waals surface area contributed by atoms with Crippen LogP contribution in [0.4, 0.5) is 10.1 Å². The molecule has 1 heterocycles. The second kappa shape index (κ2) is 7.93. The lowest BCUT2D eigenvalue weighted by molar-refractivity contribution is -0.147. The number of Topliss-reactive ketones (excluding diaryl/α,β-unsaturated/α-hetero) is 2. The van der Waals surface area contributed by atoms with Crippen molar-refractivity contribution in [2.75, 3.05) is 11.4 Å². The lowest BCUT2D eigenvalue weighted by atomic mass is 9.90. The average molecular weight is 430 g/mol. The summed E-state index contributed by atoms with van der Waals surface area (Å²) in [4.78, 5) is 38.7. The third-order valence-corrected chi connectivity index (χ3v) is 6.10. The third-order valence-electron chi connectivity index (χ3n) is 5.88. The minimum atomic E-state index is -2.08. The van der Waals surface area contributed by atoms with Gasteiger partial charge in [-0.3, -0.25) is 14.4 Å². The van der Waals surface area contributed by atoms with Gasteiger partial charge in [0.15, 0.2) is 5.78 Å². The zero-order chi connectivity index (χ0) is 21.5. The predicted molar refractivity (Wildman–Crippen MR) is 110 cm³/mol. The van der Waals surface area contributed by atoms with E-state index in [9.17, 15) is 23.9 Å². The Balaban J connectivity index is 1.47. The molecule has 1 saturated heterocycles. The van der Waals surface area contributed by atoms with Gasteiger partial charge in [0.2, 0.25) is 5.60 Å². The molecule has 2 aliphatic rings. The number of aliphatic hydroxyl groups is 1. The van der Waals surface area contributed by atoms with Gasteiger partial charge in [0, 0.05) is 42.9 Å². The first-order valence-corrected chi connectivity index (χ1v) is 10.3. The largest absolute Gasteiger partial charge is 0.373 e. The summed E-state index contributed by atoms with van der Waals surface area (Å²) in [5, 5.41) is 11.1. The topological polar surface area (TPSA) is 74.7 Å². The van der Waals surface area contributed by atoms with E-state index in [4.69, 9.17) is 11.6 Å². The number of amides is 1. The first-order valence-electron chi connectivity index (χ1n) is 9.92. The van der Waals surface area contributed by atoms with Gasteiger partial charge >= 0.3 is 0 Å². The summed E-state index contributed by atoms with van der Waals surface area (Å²) in [5.41, 5.74) is 1.05. The van der Waals surface area contributed by atoms with Crippen LogP contribution in [0.5, 0.6) is 0 Å². The second-order valence-electron chi connectivity index (χ2n) is 7.94. The molecule has 1 N–H and O–H groups in total. The van der Waals surface area contributed by atoms with Gasteiger partial charge in [0.25, 0.3) is 5.91 Å². The monoisotopic (exact) mass is 429 g/mol. The van der Waals surface area contributed by atoms with Crippen LogP contribution in [0.25, 0.3) is 0 Å². The molecule has 0 saturated carbocycles. The van der Waals surface area contributed by atoms with Crippen LogP contribution in [0, 0.1) is 5.82 Å². The molecule has 0 aromatic heterocycles. The maximum absolute atomic E-state index is 13.5. The second-order valence-corrected chi connectivity index (χ2v) is 8.37. The van der Waals surface area contributed by atoms with Crippen molar-refractivity contribution in [2.45, 2.75) is 44.1 Å². The van der Waals surface area contributed by atoms with Gasteiger partial charge in [0.1, 0.15) is 11.6 Å². The first kappa shape index (κ1) is 20.7. The number of carbonyl (C=O) groups excluding carboxylic acids is 3. The molecule has 1 atom stereocenters. The summed E-state index contributed by atoms with van der Waals surface area (Å²) in [6, 6.07) is 9.46. The number of nitrogens with zero attached hydrogens (tertiary/aromatic N) is 1. The number of aryl methyl sites for hydroxylation is 2. The number of fused-ring (bicyclic) bond motifs is 1. The van der Waals surface area contributed by atoms with Crippen molar-refractivity contribution >= 4 is 34.8 Å². The summed E-state index contributed by atoms with van der Waals surface area (Å²) in [5.74, 6) is -1.52. The van der Waals surface area contributed by atoms with Crippen molar-refractivity contribution in [3.63, 3.8) is 0 Å². The highest BCUT2D eigenvalue weighted by atomic mass is 35.5. The highest BCUT2D eigenvalue weighted by Gasteiger charge is 2.50. The van der Waals surface area contributed by atoms with Gasteiger partial charge in [0.05, 0.1) is 0 Å². The smallest absolute Gasteiger partial charge is 0.266 e. The average Bonchev–Trinajstić information content (AvgIpc) is 3.01. The highest BCUT2D eigenvalue weighted by Crippen LogP contribution is 2.32. The SMILES string of the molecule is O=C1CCc2cc(N3CC[C@](O)(C(=O)CCc4cc(F)cc(Cl)c4)C3=O)ccc2C1. The lowest BCUT2D eigenvalue weighted by Gasteiger charge is -2.23. The van der Waals surface area contributed by atoms with Crippen LogP contribution < -0.4 is 4.90 Å². The van der Waals surface area contributed by atoms with Crippen molar-refractivity contribution in [1.29, 1.82) is 0 Å². The normalized spacial score (nSPS) is 21.1. The Hall–Kier alpha value is -2.57. The molecular formula is C23H21ClFNO4. The number of anilines is 1. The number of hydrogen-bond acceptors (Lipinski definition) is 4. The number of hydrogen-bond donors (Lipinski definition) is 1. The van der Waals surface area contributed by atoms with Gasteiger partial charge < -0.3 is 10.0 Å². The molecule has 1 fully saturated rings. The molecule has 0 spiro atoms. The molecule has 0 unspecified atom stereocenters. The van der Waals surface area contributed by atoms with Crippen molar-refractivity contribution < 1.29 is 23.9 Å². The van der Waals surface area contributed by atoms with Gasteiger partial charge in [-0.1, -0.05) is 17.7 Å². The van der Waals surface area contributed by atoms with Gasteiger partial charge in [-0.15, -0.1) is 0 Å². The van der Waals surface area contributed by atoms with Crippen LogP contribution in [-0.2, 0) is 33.6 Å². The molecular weight excluding hydrogens is 409 g/mol. The number of ketones is 2. The maximum Gasteiger partial charge on any atom is 0.266 e. The van der Waals surface area contributed by atoms with Crippen LogP contribution in [0.2, 0.25) is 5.02 Å². The molecule has 30 heavy (non-hydrogen) atoms. The van der Waals surface area contributed by atoms with E-state index in [1.165, 1.54) is 17.0 Å². The molecule has 1 aliphatic heterocycles. The minimum Gasteiger partial charge on any atom is -0.373 e. The van der Waals surface area contributed by atoms with Crippen LogP contribution in [0.1, 0.15) is 36.0 Å². The number of carbonyl (C=O) groups is 3. The maximum atomic E-state index is 13.5. The zero-order valence-electron chi connectivity index (χ0n) is 16.3. The number of benzene rings is 2. The lowest BCUT2D eigenvalue weighted by Crippen LogP contribution is -2.47. The molecule has 7 heteroatoms. The van der Waals surface area contributed by atoms with Gasteiger partial charge in [-0.2, -0.15) is 0 Å². The van der Waals surface area contributed by atoms with Crippen LogP contribution >= 0.6 is 11.6 Å². The fourth-order valence-electron chi connectivity index (χ4n) is 4.19. The molecule has 0 radical (unpaired) electrons. The Bertz CT molecular complexity index is 1030. The van der Waals surface area contributed by atoms with E-state index in [1.807, 2.05) is 12.1 Å². The Labute approximate surface area is 178 Å². The van der Waals surface area contributed by atoms with E-state index >= 15 is 0 Å².